The second-order valence-corrected chi connectivity index (χ2v) is 5.12. The average molecular weight is 295 g/mol. The zero-order chi connectivity index (χ0) is 14.1. The normalized spacial score (nSPS) is 14.2. The molecule has 0 saturated heterocycles. The molecular weight excluding hydrogens is 283 g/mol. The molecule has 1 aliphatic rings. The van der Waals surface area contributed by atoms with Crippen molar-refractivity contribution >= 4 is 17.5 Å². The van der Waals surface area contributed by atoms with Gasteiger partial charge in [0.05, 0.1) is 19.2 Å². The number of carbonyl (C=O) groups excluding carboxylic acids is 1. The molecule has 1 amide bonds. The summed E-state index contributed by atoms with van der Waals surface area (Å²) in [4.78, 5) is 13.9. The Morgan fingerprint density at radius 2 is 2.35 bits per heavy atom. The van der Waals surface area contributed by atoms with Crippen LogP contribution in [0, 0.1) is 5.82 Å². The standard InChI is InChI=1S/C14H12ClFN2O2/c15-11-2-1-3-12(16)10(11)6-14(19)18-5-4-13-9(8-18)7-17-20-13/h1-3,7H,4-6,8H2. The highest BCUT2D eigenvalue weighted by atomic mass is 35.5. The van der Waals surface area contributed by atoms with Crippen LogP contribution < -0.4 is 0 Å². The van der Waals surface area contributed by atoms with Gasteiger partial charge in [-0.05, 0) is 12.1 Å². The van der Waals surface area contributed by atoms with E-state index in [2.05, 4.69) is 5.16 Å². The van der Waals surface area contributed by atoms with Crippen LogP contribution in [0.25, 0.3) is 0 Å². The molecule has 0 spiro atoms. The second-order valence-electron chi connectivity index (χ2n) is 4.72. The van der Waals surface area contributed by atoms with Gasteiger partial charge < -0.3 is 9.42 Å². The van der Waals surface area contributed by atoms with Crippen molar-refractivity contribution in [3.8, 4) is 0 Å². The van der Waals surface area contributed by atoms with Crippen LogP contribution >= 0.6 is 11.6 Å². The minimum absolute atomic E-state index is 0.0356. The first-order valence-corrected chi connectivity index (χ1v) is 6.66. The van der Waals surface area contributed by atoms with E-state index in [0.29, 0.717) is 19.5 Å². The van der Waals surface area contributed by atoms with Crippen LogP contribution in [0.1, 0.15) is 16.9 Å². The van der Waals surface area contributed by atoms with E-state index in [-0.39, 0.29) is 22.9 Å². The van der Waals surface area contributed by atoms with Crippen LogP contribution in [0.5, 0.6) is 0 Å². The number of aromatic nitrogens is 1. The number of hydrogen-bond donors (Lipinski definition) is 0. The van der Waals surface area contributed by atoms with Crippen molar-refractivity contribution in [2.75, 3.05) is 6.54 Å². The molecule has 1 aromatic carbocycles. The van der Waals surface area contributed by atoms with Gasteiger partial charge in [-0.25, -0.2) is 4.39 Å². The fourth-order valence-corrected chi connectivity index (χ4v) is 2.55. The van der Waals surface area contributed by atoms with Gasteiger partial charge in [0.15, 0.2) is 0 Å². The van der Waals surface area contributed by atoms with E-state index in [9.17, 15) is 9.18 Å². The molecule has 2 heterocycles. The number of carbonyl (C=O) groups is 1. The summed E-state index contributed by atoms with van der Waals surface area (Å²) in [5.74, 6) is 0.218. The molecule has 0 atom stereocenters. The molecule has 2 aromatic rings. The summed E-state index contributed by atoms with van der Waals surface area (Å²) in [6.45, 7) is 0.997. The van der Waals surface area contributed by atoms with Crippen LogP contribution in [0.4, 0.5) is 4.39 Å². The molecule has 0 bridgehead atoms. The van der Waals surface area contributed by atoms with Crippen LogP contribution in [-0.4, -0.2) is 22.5 Å². The molecule has 1 aliphatic heterocycles. The molecule has 20 heavy (non-hydrogen) atoms. The minimum Gasteiger partial charge on any atom is -0.361 e. The van der Waals surface area contributed by atoms with Gasteiger partial charge in [-0.1, -0.05) is 22.8 Å². The maximum absolute atomic E-state index is 13.7. The fourth-order valence-electron chi connectivity index (χ4n) is 2.32. The van der Waals surface area contributed by atoms with Gasteiger partial charge in [0.1, 0.15) is 11.6 Å². The largest absolute Gasteiger partial charge is 0.361 e. The van der Waals surface area contributed by atoms with Crippen molar-refractivity contribution in [3.05, 3.63) is 52.1 Å². The van der Waals surface area contributed by atoms with E-state index in [4.69, 9.17) is 16.1 Å². The Bertz CT molecular complexity index is 636. The summed E-state index contributed by atoms with van der Waals surface area (Å²) < 4.78 is 18.8. The van der Waals surface area contributed by atoms with Gasteiger partial charge in [-0.3, -0.25) is 4.79 Å². The highest BCUT2D eigenvalue weighted by molar-refractivity contribution is 6.31. The van der Waals surface area contributed by atoms with Crippen LogP contribution in [0.15, 0.2) is 28.9 Å². The van der Waals surface area contributed by atoms with Crippen molar-refractivity contribution in [1.29, 1.82) is 0 Å². The average Bonchev–Trinajstić information content (AvgIpc) is 2.90. The summed E-state index contributed by atoms with van der Waals surface area (Å²) in [5.41, 5.74) is 1.15. The van der Waals surface area contributed by atoms with E-state index >= 15 is 0 Å². The summed E-state index contributed by atoms with van der Waals surface area (Å²) in [6, 6.07) is 4.42. The predicted molar refractivity (Wildman–Crippen MR) is 70.7 cm³/mol. The zero-order valence-electron chi connectivity index (χ0n) is 10.6. The van der Waals surface area contributed by atoms with Gasteiger partial charge in [0.2, 0.25) is 5.91 Å². The Labute approximate surface area is 120 Å². The number of hydrogen-bond acceptors (Lipinski definition) is 3. The quantitative estimate of drug-likeness (QED) is 0.855. The third-order valence-corrected chi connectivity index (χ3v) is 3.80. The summed E-state index contributed by atoms with van der Waals surface area (Å²) in [5, 5.41) is 3.99. The molecule has 0 saturated carbocycles. The Kier molecular flexibility index (Phi) is 3.44. The maximum Gasteiger partial charge on any atom is 0.227 e. The molecule has 0 unspecified atom stereocenters. The molecule has 0 N–H and O–H groups in total. The Balaban J connectivity index is 1.75. The first-order chi connectivity index (χ1) is 9.65. The predicted octanol–water partition coefficient (Wildman–Crippen LogP) is 2.59. The van der Waals surface area contributed by atoms with Crippen molar-refractivity contribution in [2.24, 2.45) is 0 Å². The van der Waals surface area contributed by atoms with Crippen molar-refractivity contribution in [1.82, 2.24) is 10.1 Å². The van der Waals surface area contributed by atoms with Gasteiger partial charge in [-0.2, -0.15) is 0 Å². The van der Waals surface area contributed by atoms with Crippen LogP contribution in [0.3, 0.4) is 0 Å². The lowest BCUT2D eigenvalue weighted by Gasteiger charge is -2.26. The van der Waals surface area contributed by atoms with Crippen LogP contribution in [-0.2, 0) is 24.2 Å². The molecule has 0 radical (unpaired) electrons. The lowest BCUT2D eigenvalue weighted by Crippen LogP contribution is -2.36. The number of fused-ring (bicyclic) bond motifs is 1. The number of halogens is 2. The van der Waals surface area contributed by atoms with Gasteiger partial charge in [-0.15, -0.1) is 0 Å². The molecule has 1 aromatic heterocycles. The third-order valence-electron chi connectivity index (χ3n) is 3.44. The monoisotopic (exact) mass is 294 g/mol. The minimum atomic E-state index is -0.450. The maximum atomic E-state index is 13.7. The van der Waals surface area contributed by atoms with E-state index in [0.717, 1.165) is 11.3 Å². The number of amides is 1. The smallest absolute Gasteiger partial charge is 0.227 e. The second kappa shape index (κ2) is 5.25. The summed E-state index contributed by atoms with van der Waals surface area (Å²) in [7, 11) is 0. The number of rotatable bonds is 2. The Morgan fingerprint density at radius 3 is 3.15 bits per heavy atom. The van der Waals surface area contributed by atoms with Crippen molar-refractivity contribution in [2.45, 2.75) is 19.4 Å². The number of benzene rings is 1. The molecule has 4 nitrogen and oxygen atoms in total. The van der Waals surface area contributed by atoms with Gasteiger partial charge in [0, 0.05) is 29.1 Å². The Hall–Kier alpha value is -1.88. The van der Waals surface area contributed by atoms with E-state index in [1.165, 1.54) is 12.1 Å². The topological polar surface area (TPSA) is 46.3 Å². The van der Waals surface area contributed by atoms with E-state index in [1.807, 2.05) is 0 Å². The molecule has 0 fully saturated rings. The first kappa shape index (κ1) is 13.1. The highest BCUT2D eigenvalue weighted by Crippen LogP contribution is 2.22. The van der Waals surface area contributed by atoms with Crippen LogP contribution in [0.2, 0.25) is 5.02 Å². The molecule has 6 heteroatoms. The van der Waals surface area contributed by atoms with Gasteiger partial charge >= 0.3 is 0 Å². The summed E-state index contributed by atoms with van der Waals surface area (Å²) >= 11 is 5.94. The van der Waals surface area contributed by atoms with Crippen molar-refractivity contribution in [3.63, 3.8) is 0 Å². The Morgan fingerprint density at radius 1 is 1.50 bits per heavy atom. The number of nitrogens with zero attached hydrogens (tertiary/aromatic N) is 2. The summed E-state index contributed by atoms with van der Waals surface area (Å²) in [6.07, 6.45) is 2.21. The van der Waals surface area contributed by atoms with Gasteiger partial charge in [0.25, 0.3) is 0 Å². The first-order valence-electron chi connectivity index (χ1n) is 6.28. The molecular formula is C14H12ClFN2O2. The SMILES string of the molecule is O=C(Cc1c(F)cccc1Cl)N1CCc2oncc2C1. The fraction of sp³-hybridized carbons (Fsp3) is 0.286. The van der Waals surface area contributed by atoms with Crippen molar-refractivity contribution < 1.29 is 13.7 Å². The van der Waals surface area contributed by atoms with E-state index < -0.39 is 5.82 Å². The molecule has 3 rings (SSSR count). The zero-order valence-corrected chi connectivity index (χ0v) is 11.4. The molecule has 0 aliphatic carbocycles. The lowest BCUT2D eigenvalue weighted by atomic mass is 10.1. The molecule has 104 valence electrons. The highest BCUT2D eigenvalue weighted by Gasteiger charge is 2.24. The third kappa shape index (κ3) is 2.41. The lowest BCUT2D eigenvalue weighted by molar-refractivity contribution is -0.131. The van der Waals surface area contributed by atoms with E-state index in [1.54, 1.807) is 17.2 Å².